The summed E-state index contributed by atoms with van der Waals surface area (Å²) in [5.41, 5.74) is 0.500. The molecular weight excluding hydrogens is 314 g/mol. The molecule has 0 radical (unpaired) electrons. The monoisotopic (exact) mass is 331 g/mol. The molecule has 1 fully saturated rings. The molecule has 5 nitrogen and oxygen atoms in total. The number of hydrogen-bond acceptors (Lipinski definition) is 4. The Hall–Kier alpha value is -1.27. The van der Waals surface area contributed by atoms with E-state index in [1.54, 1.807) is 0 Å². The summed E-state index contributed by atoms with van der Waals surface area (Å²) in [5.74, 6) is 0.871. The van der Waals surface area contributed by atoms with Gasteiger partial charge in [0, 0.05) is 22.3 Å². The molecule has 0 heterocycles. The zero-order chi connectivity index (χ0) is 15.6. The van der Waals surface area contributed by atoms with Gasteiger partial charge in [-0.2, -0.15) is 0 Å². The predicted octanol–water partition coefficient (Wildman–Crippen LogP) is 2.08. The van der Waals surface area contributed by atoms with Crippen molar-refractivity contribution in [3.63, 3.8) is 0 Å². The van der Waals surface area contributed by atoms with Crippen molar-refractivity contribution >= 4 is 25.6 Å². The van der Waals surface area contributed by atoms with E-state index >= 15 is 0 Å². The van der Waals surface area contributed by atoms with E-state index in [2.05, 4.69) is 5.32 Å². The third kappa shape index (κ3) is 4.35. The number of methoxy groups -OCH3 is 1. The van der Waals surface area contributed by atoms with E-state index in [0.717, 1.165) is 12.8 Å². The Labute approximate surface area is 129 Å². The summed E-state index contributed by atoms with van der Waals surface area (Å²) < 4.78 is 27.9. The summed E-state index contributed by atoms with van der Waals surface area (Å²) in [7, 11) is 2.97. The molecule has 2 rings (SSSR count). The highest BCUT2D eigenvalue weighted by molar-refractivity contribution is 8.13. The van der Waals surface area contributed by atoms with Crippen LogP contribution in [0.25, 0.3) is 0 Å². The first-order valence-corrected chi connectivity index (χ1v) is 9.03. The van der Waals surface area contributed by atoms with Crippen molar-refractivity contribution in [1.82, 2.24) is 5.32 Å². The van der Waals surface area contributed by atoms with Crippen LogP contribution in [0.3, 0.4) is 0 Å². The summed E-state index contributed by atoms with van der Waals surface area (Å²) in [6.45, 7) is 1.98. The van der Waals surface area contributed by atoms with Crippen LogP contribution in [0, 0.1) is 5.92 Å². The molecule has 7 heteroatoms. The van der Waals surface area contributed by atoms with E-state index in [1.807, 2.05) is 6.92 Å². The van der Waals surface area contributed by atoms with Crippen molar-refractivity contribution in [2.24, 2.45) is 5.92 Å². The summed E-state index contributed by atoms with van der Waals surface area (Å²) >= 11 is 0. The lowest BCUT2D eigenvalue weighted by Crippen LogP contribution is -2.35. The van der Waals surface area contributed by atoms with Crippen molar-refractivity contribution in [3.8, 4) is 5.75 Å². The smallest absolute Gasteiger partial charge is 0.261 e. The molecule has 1 N–H and O–H groups in total. The van der Waals surface area contributed by atoms with Crippen LogP contribution in [0.2, 0.25) is 0 Å². The second-order valence-corrected chi connectivity index (χ2v) is 7.85. The van der Waals surface area contributed by atoms with Gasteiger partial charge in [0.2, 0.25) is 5.91 Å². The van der Waals surface area contributed by atoms with Crippen molar-refractivity contribution in [2.45, 2.75) is 37.1 Å². The zero-order valence-corrected chi connectivity index (χ0v) is 13.5. The van der Waals surface area contributed by atoms with E-state index in [-0.39, 0.29) is 23.3 Å². The highest BCUT2D eigenvalue weighted by atomic mass is 35.7. The summed E-state index contributed by atoms with van der Waals surface area (Å²) in [5, 5.41) is 2.92. The van der Waals surface area contributed by atoms with Gasteiger partial charge in [-0.3, -0.25) is 4.79 Å². The van der Waals surface area contributed by atoms with Gasteiger partial charge < -0.3 is 10.1 Å². The van der Waals surface area contributed by atoms with E-state index in [1.165, 1.54) is 25.3 Å². The summed E-state index contributed by atoms with van der Waals surface area (Å²) in [6, 6.07) is 4.38. The molecule has 1 aromatic carbocycles. The highest BCUT2D eigenvalue weighted by Gasteiger charge is 2.29. The van der Waals surface area contributed by atoms with Gasteiger partial charge in [0.15, 0.2) is 0 Å². The van der Waals surface area contributed by atoms with Gasteiger partial charge in [0.05, 0.1) is 18.4 Å². The SMILES string of the molecule is COc1ccc(S(=O)(=O)Cl)cc1CC(=O)NC(C)C1CC1. The average Bonchev–Trinajstić information content (AvgIpc) is 3.21. The second-order valence-electron chi connectivity index (χ2n) is 5.28. The Morgan fingerprint density at radius 1 is 1.48 bits per heavy atom. The number of rotatable bonds is 6. The number of nitrogens with one attached hydrogen (secondary N) is 1. The molecule has 1 saturated carbocycles. The first-order chi connectivity index (χ1) is 9.81. The Morgan fingerprint density at radius 2 is 2.14 bits per heavy atom. The minimum Gasteiger partial charge on any atom is -0.496 e. The summed E-state index contributed by atoms with van der Waals surface area (Å²) in [4.78, 5) is 12.0. The van der Waals surface area contributed by atoms with E-state index in [9.17, 15) is 13.2 Å². The lowest BCUT2D eigenvalue weighted by molar-refractivity contribution is -0.121. The quantitative estimate of drug-likeness (QED) is 0.810. The molecule has 0 saturated heterocycles. The van der Waals surface area contributed by atoms with Crippen LogP contribution in [0.4, 0.5) is 0 Å². The third-order valence-electron chi connectivity index (χ3n) is 3.60. The number of ether oxygens (including phenoxy) is 1. The molecule has 0 bridgehead atoms. The lowest BCUT2D eigenvalue weighted by atomic mass is 10.1. The predicted molar refractivity (Wildman–Crippen MR) is 80.1 cm³/mol. The van der Waals surface area contributed by atoms with E-state index < -0.39 is 9.05 Å². The molecule has 1 atom stereocenters. The highest BCUT2D eigenvalue weighted by Crippen LogP contribution is 2.32. The topological polar surface area (TPSA) is 72.5 Å². The second kappa shape index (κ2) is 6.23. The molecule has 0 aromatic heterocycles. The molecule has 1 unspecified atom stereocenters. The fourth-order valence-corrected chi connectivity index (χ4v) is 3.04. The molecule has 0 aliphatic heterocycles. The number of amides is 1. The number of hydrogen-bond donors (Lipinski definition) is 1. The largest absolute Gasteiger partial charge is 0.496 e. The maximum Gasteiger partial charge on any atom is 0.261 e. The van der Waals surface area contributed by atoms with Gasteiger partial charge >= 0.3 is 0 Å². The average molecular weight is 332 g/mol. The fraction of sp³-hybridized carbons (Fsp3) is 0.500. The third-order valence-corrected chi connectivity index (χ3v) is 4.95. The fourth-order valence-electron chi connectivity index (χ4n) is 2.24. The first kappa shape index (κ1) is 16.1. The van der Waals surface area contributed by atoms with Crippen LogP contribution >= 0.6 is 10.7 Å². The molecule has 21 heavy (non-hydrogen) atoms. The van der Waals surface area contributed by atoms with Crippen LogP contribution in [0.15, 0.2) is 23.1 Å². The van der Waals surface area contributed by atoms with Crippen molar-refractivity contribution in [2.75, 3.05) is 7.11 Å². The minimum absolute atomic E-state index is 0.0389. The van der Waals surface area contributed by atoms with Crippen LogP contribution in [-0.2, 0) is 20.3 Å². The van der Waals surface area contributed by atoms with Crippen molar-refractivity contribution in [3.05, 3.63) is 23.8 Å². The van der Waals surface area contributed by atoms with Gasteiger partial charge in [-0.05, 0) is 43.9 Å². The van der Waals surface area contributed by atoms with Gasteiger partial charge in [0.25, 0.3) is 9.05 Å². The van der Waals surface area contributed by atoms with Crippen LogP contribution in [0.5, 0.6) is 5.75 Å². The number of carbonyl (C=O) groups is 1. The molecule has 1 aromatic rings. The van der Waals surface area contributed by atoms with Gasteiger partial charge in [0.1, 0.15) is 5.75 Å². The molecule has 1 aliphatic carbocycles. The Kier molecular flexibility index (Phi) is 4.78. The van der Waals surface area contributed by atoms with E-state index in [4.69, 9.17) is 15.4 Å². The van der Waals surface area contributed by atoms with Crippen LogP contribution < -0.4 is 10.1 Å². The molecule has 1 amide bonds. The van der Waals surface area contributed by atoms with Crippen molar-refractivity contribution in [1.29, 1.82) is 0 Å². The van der Waals surface area contributed by atoms with Crippen LogP contribution in [0.1, 0.15) is 25.3 Å². The Bertz CT molecular complexity index is 640. The van der Waals surface area contributed by atoms with Gasteiger partial charge in [-0.15, -0.1) is 0 Å². The minimum atomic E-state index is -3.83. The van der Waals surface area contributed by atoms with Gasteiger partial charge in [-0.1, -0.05) is 0 Å². The Balaban J connectivity index is 2.14. The molecule has 1 aliphatic rings. The van der Waals surface area contributed by atoms with Crippen molar-refractivity contribution < 1.29 is 17.9 Å². The Morgan fingerprint density at radius 3 is 2.67 bits per heavy atom. The molecular formula is C14H18ClNO4S. The summed E-state index contributed by atoms with van der Waals surface area (Å²) in [6.07, 6.45) is 2.34. The number of carbonyl (C=O) groups excluding carboxylic acids is 1. The maximum atomic E-state index is 12.0. The lowest BCUT2D eigenvalue weighted by Gasteiger charge is -2.14. The zero-order valence-electron chi connectivity index (χ0n) is 11.9. The molecule has 116 valence electrons. The van der Waals surface area contributed by atoms with E-state index in [0.29, 0.717) is 17.2 Å². The maximum absolute atomic E-state index is 12.0. The normalized spacial score (nSPS) is 16.3. The number of halogens is 1. The standard InChI is InChI=1S/C14H18ClNO4S/c1-9(10-3-4-10)16-14(17)8-11-7-12(21(15,18)19)5-6-13(11)20-2/h5-7,9-10H,3-4,8H2,1-2H3,(H,16,17). The molecule has 0 spiro atoms. The number of benzene rings is 1. The first-order valence-electron chi connectivity index (χ1n) is 6.72. The van der Waals surface area contributed by atoms with Gasteiger partial charge in [-0.25, -0.2) is 8.42 Å². The van der Waals surface area contributed by atoms with Crippen LogP contribution in [-0.4, -0.2) is 27.5 Å².